The molecule has 0 radical (unpaired) electrons. The molecule has 0 saturated carbocycles. The number of fused-ring (bicyclic) bond motifs is 1. The van der Waals surface area contributed by atoms with Gasteiger partial charge in [0.05, 0.1) is 0 Å². The molecule has 1 N–H and O–H groups in total. The Balaban J connectivity index is 1.70. The molecular formula is C23H21N3. The third-order valence-corrected chi connectivity index (χ3v) is 4.33. The van der Waals surface area contributed by atoms with E-state index in [1.54, 1.807) is 0 Å². The molecule has 0 bridgehead atoms. The highest BCUT2D eigenvalue weighted by atomic mass is 15.1. The van der Waals surface area contributed by atoms with E-state index in [1.807, 2.05) is 24.3 Å². The Hall–Kier alpha value is -3.33. The van der Waals surface area contributed by atoms with Crippen molar-refractivity contribution in [3.8, 4) is 0 Å². The first-order valence-electron chi connectivity index (χ1n) is 8.79. The van der Waals surface area contributed by atoms with Crippen LogP contribution in [0.1, 0.15) is 22.4 Å². The first-order valence-corrected chi connectivity index (χ1v) is 8.79. The number of rotatable bonds is 5. The molecule has 3 nitrogen and oxygen atoms in total. The van der Waals surface area contributed by atoms with Crippen LogP contribution < -0.4 is 5.32 Å². The molecule has 4 aromatic rings. The van der Waals surface area contributed by atoms with Crippen molar-refractivity contribution >= 4 is 23.6 Å². The van der Waals surface area contributed by atoms with Crippen LogP contribution in [-0.2, 0) is 6.54 Å². The molecule has 4 rings (SSSR count). The lowest BCUT2D eigenvalue weighted by Crippen LogP contribution is -2.03. The number of aryl methyl sites for hydroxylation is 1. The summed E-state index contributed by atoms with van der Waals surface area (Å²) in [5.41, 5.74) is 5.49. The van der Waals surface area contributed by atoms with E-state index in [1.165, 1.54) is 11.1 Å². The first kappa shape index (κ1) is 16.2. The molecule has 2 aromatic carbocycles. The van der Waals surface area contributed by atoms with Gasteiger partial charge in [0.1, 0.15) is 17.2 Å². The second-order valence-electron chi connectivity index (χ2n) is 6.36. The second-order valence-corrected chi connectivity index (χ2v) is 6.36. The topological polar surface area (TPSA) is 29.3 Å². The van der Waals surface area contributed by atoms with E-state index < -0.39 is 0 Å². The van der Waals surface area contributed by atoms with Crippen molar-refractivity contribution in [3.05, 3.63) is 101 Å². The molecule has 0 aliphatic heterocycles. The molecule has 3 heteroatoms. The quantitative estimate of drug-likeness (QED) is 0.526. The number of hydrogen-bond acceptors (Lipinski definition) is 2. The van der Waals surface area contributed by atoms with Gasteiger partial charge in [-0.15, -0.1) is 0 Å². The van der Waals surface area contributed by atoms with E-state index in [4.69, 9.17) is 4.98 Å². The van der Waals surface area contributed by atoms with Gasteiger partial charge in [-0.2, -0.15) is 0 Å². The summed E-state index contributed by atoms with van der Waals surface area (Å²) in [5.74, 6) is 1.01. The highest BCUT2D eigenvalue weighted by molar-refractivity contribution is 5.76. The summed E-state index contributed by atoms with van der Waals surface area (Å²) >= 11 is 0. The third kappa shape index (κ3) is 3.52. The number of benzene rings is 2. The van der Waals surface area contributed by atoms with E-state index in [9.17, 15) is 0 Å². The predicted molar refractivity (Wildman–Crippen MR) is 109 cm³/mol. The Bertz CT molecular complexity index is 1030. The van der Waals surface area contributed by atoms with Crippen LogP contribution in [0.2, 0.25) is 0 Å². The Morgan fingerprint density at radius 2 is 1.62 bits per heavy atom. The van der Waals surface area contributed by atoms with Gasteiger partial charge in [-0.1, -0.05) is 72.8 Å². The van der Waals surface area contributed by atoms with Crippen molar-refractivity contribution in [3.63, 3.8) is 0 Å². The normalized spacial score (nSPS) is 11.3. The van der Waals surface area contributed by atoms with Gasteiger partial charge in [-0.05, 0) is 35.8 Å². The molecule has 0 amide bonds. The minimum absolute atomic E-state index is 0.759. The number of aromatic nitrogens is 2. The van der Waals surface area contributed by atoms with Gasteiger partial charge in [0.2, 0.25) is 0 Å². The predicted octanol–water partition coefficient (Wildman–Crippen LogP) is 5.43. The zero-order valence-corrected chi connectivity index (χ0v) is 14.8. The molecule has 0 spiro atoms. The Morgan fingerprint density at radius 1 is 0.885 bits per heavy atom. The Kier molecular flexibility index (Phi) is 4.52. The number of imidazole rings is 1. The molecular weight excluding hydrogens is 318 g/mol. The van der Waals surface area contributed by atoms with Crippen molar-refractivity contribution in [1.82, 2.24) is 9.38 Å². The lowest BCUT2D eigenvalue weighted by molar-refractivity contribution is 1.07. The van der Waals surface area contributed by atoms with Gasteiger partial charge in [0.25, 0.3) is 0 Å². The lowest BCUT2D eigenvalue weighted by atomic mass is 10.2. The van der Waals surface area contributed by atoms with Crippen LogP contribution in [-0.4, -0.2) is 9.38 Å². The van der Waals surface area contributed by atoms with Crippen LogP contribution in [0, 0.1) is 6.92 Å². The summed E-state index contributed by atoms with van der Waals surface area (Å²) in [6.45, 7) is 2.86. The van der Waals surface area contributed by atoms with Crippen LogP contribution in [0.4, 0.5) is 5.82 Å². The molecule has 0 aliphatic rings. The molecule has 0 unspecified atom stereocenters. The smallest absolute Gasteiger partial charge is 0.139 e. The number of hydrogen-bond donors (Lipinski definition) is 1. The average molecular weight is 339 g/mol. The highest BCUT2D eigenvalue weighted by Crippen LogP contribution is 2.22. The molecule has 2 heterocycles. The minimum atomic E-state index is 0.759. The summed E-state index contributed by atoms with van der Waals surface area (Å²) in [6.07, 6.45) is 6.29. The molecule has 128 valence electrons. The molecule has 26 heavy (non-hydrogen) atoms. The van der Waals surface area contributed by atoms with Gasteiger partial charge in [-0.25, -0.2) is 4.98 Å². The summed E-state index contributed by atoms with van der Waals surface area (Å²) in [5, 5.41) is 3.57. The Labute approximate surface area is 153 Å². The minimum Gasteiger partial charge on any atom is -0.365 e. The maximum Gasteiger partial charge on any atom is 0.139 e. The van der Waals surface area contributed by atoms with Crippen molar-refractivity contribution in [2.45, 2.75) is 13.5 Å². The Morgan fingerprint density at radius 3 is 2.38 bits per heavy atom. The highest BCUT2D eigenvalue weighted by Gasteiger charge is 2.10. The van der Waals surface area contributed by atoms with Crippen LogP contribution in [0.5, 0.6) is 0 Å². The van der Waals surface area contributed by atoms with Crippen LogP contribution in [0.25, 0.3) is 17.8 Å². The standard InChI is InChI=1S/C23H21N3/c1-18-12-15-22-25-21(14-13-19-8-4-2-5-9-19)23(26(22)17-18)24-16-20-10-6-3-7-11-20/h2-15,17,24H,16H2,1H3/b14-13+. The van der Waals surface area contributed by atoms with E-state index in [2.05, 4.69) is 83.5 Å². The maximum absolute atomic E-state index is 4.79. The van der Waals surface area contributed by atoms with Crippen LogP contribution >= 0.6 is 0 Å². The largest absolute Gasteiger partial charge is 0.365 e. The number of pyridine rings is 1. The van der Waals surface area contributed by atoms with E-state index in [0.717, 1.165) is 29.3 Å². The van der Waals surface area contributed by atoms with E-state index in [-0.39, 0.29) is 0 Å². The van der Waals surface area contributed by atoms with E-state index >= 15 is 0 Å². The van der Waals surface area contributed by atoms with Crippen molar-refractivity contribution in [2.75, 3.05) is 5.32 Å². The average Bonchev–Trinajstić information content (AvgIpc) is 3.03. The number of anilines is 1. The van der Waals surface area contributed by atoms with Crippen molar-refractivity contribution in [2.24, 2.45) is 0 Å². The van der Waals surface area contributed by atoms with Gasteiger partial charge in [-0.3, -0.25) is 4.40 Å². The first-order chi connectivity index (χ1) is 12.8. The van der Waals surface area contributed by atoms with Gasteiger partial charge in [0, 0.05) is 12.7 Å². The maximum atomic E-state index is 4.79. The zero-order valence-electron chi connectivity index (χ0n) is 14.8. The summed E-state index contributed by atoms with van der Waals surface area (Å²) in [4.78, 5) is 4.79. The molecule has 0 aliphatic carbocycles. The molecule has 0 saturated heterocycles. The van der Waals surface area contributed by atoms with Crippen LogP contribution in [0.15, 0.2) is 79.0 Å². The summed E-state index contributed by atoms with van der Waals surface area (Å²) in [7, 11) is 0. The summed E-state index contributed by atoms with van der Waals surface area (Å²) < 4.78 is 2.13. The monoisotopic (exact) mass is 339 g/mol. The zero-order chi connectivity index (χ0) is 17.8. The van der Waals surface area contributed by atoms with Gasteiger partial charge in [0.15, 0.2) is 0 Å². The molecule has 2 aromatic heterocycles. The third-order valence-electron chi connectivity index (χ3n) is 4.33. The molecule has 0 atom stereocenters. The van der Waals surface area contributed by atoms with E-state index in [0.29, 0.717) is 0 Å². The van der Waals surface area contributed by atoms with Crippen molar-refractivity contribution in [1.29, 1.82) is 0 Å². The van der Waals surface area contributed by atoms with Gasteiger partial charge >= 0.3 is 0 Å². The SMILES string of the molecule is Cc1ccc2nc(/C=C/c3ccccc3)c(NCc3ccccc3)n2c1. The lowest BCUT2D eigenvalue weighted by Gasteiger charge is -2.08. The fourth-order valence-electron chi connectivity index (χ4n) is 2.98. The van der Waals surface area contributed by atoms with Gasteiger partial charge < -0.3 is 5.32 Å². The molecule has 0 fully saturated rings. The summed E-state index contributed by atoms with van der Waals surface area (Å²) in [6, 6.07) is 24.9. The fourth-order valence-corrected chi connectivity index (χ4v) is 2.98. The fraction of sp³-hybridized carbons (Fsp3) is 0.0870. The van der Waals surface area contributed by atoms with Crippen molar-refractivity contribution < 1.29 is 0 Å². The van der Waals surface area contributed by atoms with Crippen LogP contribution in [0.3, 0.4) is 0 Å². The second kappa shape index (κ2) is 7.28. The number of nitrogens with zero attached hydrogens (tertiary/aromatic N) is 2. The number of nitrogens with one attached hydrogen (secondary N) is 1.